The minimum absolute atomic E-state index is 0.692. The molecule has 0 aromatic heterocycles. The molecule has 0 bridgehead atoms. The van der Waals surface area contributed by atoms with E-state index in [1.54, 1.807) is 0 Å². The van der Waals surface area contributed by atoms with Crippen LogP contribution >= 0.6 is 0 Å². The second-order valence-corrected chi connectivity index (χ2v) is 13.1. The largest absolute Gasteiger partial charge is 0.394 e. The summed E-state index contributed by atoms with van der Waals surface area (Å²) in [5.74, 6) is 3.26. The normalized spacial score (nSPS) is 37.2. The van der Waals surface area contributed by atoms with Crippen LogP contribution in [-0.2, 0) is 8.85 Å². The molecule has 3 heteroatoms. The van der Waals surface area contributed by atoms with Crippen molar-refractivity contribution in [2.24, 2.45) is 23.7 Å². The van der Waals surface area contributed by atoms with Gasteiger partial charge in [0.2, 0.25) is 0 Å². The summed E-state index contributed by atoms with van der Waals surface area (Å²) in [6.45, 7) is 16.1. The summed E-state index contributed by atoms with van der Waals surface area (Å²) in [4.78, 5) is 0. The van der Waals surface area contributed by atoms with Gasteiger partial charge < -0.3 is 8.85 Å². The predicted octanol–water partition coefficient (Wildman–Crippen LogP) is 6.93. The maximum absolute atomic E-state index is 6.89. The summed E-state index contributed by atoms with van der Waals surface area (Å²) in [7, 11) is -2.22. The maximum Gasteiger partial charge on any atom is 0.344 e. The molecule has 2 rings (SSSR count). The molecule has 148 valence electrons. The molecule has 25 heavy (non-hydrogen) atoms. The molecule has 2 aliphatic rings. The van der Waals surface area contributed by atoms with Crippen LogP contribution in [-0.4, -0.2) is 21.8 Å². The lowest BCUT2D eigenvalue weighted by molar-refractivity contribution is 0.109. The van der Waals surface area contributed by atoms with E-state index in [1.165, 1.54) is 38.5 Å². The summed E-state index contributed by atoms with van der Waals surface area (Å²) in [5.41, 5.74) is 1.39. The molecule has 0 N–H and O–H groups in total. The number of hydrogen-bond acceptors (Lipinski definition) is 2. The highest BCUT2D eigenvalue weighted by molar-refractivity contribution is 6.70. The molecule has 0 aromatic rings. The molecule has 5 unspecified atom stereocenters. The van der Waals surface area contributed by atoms with Gasteiger partial charge in [0.05, 0.1) is 0 Å². The SMILES string of the molecule is CCCO[Si](OCCC)(C1CC(C)CC(C)C1)C1CC(C)CCC1C. The Balaban J connectivity index is 2.35. The molecule has 5 atom stereocenters. The quantitative estimate of drug-likeness (QED) is 0.432. The van der Waals surface area contributed by atoms with Gasteiger partial charge in [-0.2, -0.15) is 0 Å². The fraction of sp³-hybridized carbons (Fsp3) is 1.00. The van der Waals surface area contributed by atoms with E-state index in [4.69, 9.17) is 8.85 Å². The van der Waals surface area contributed by atoms with Crippen LogP contribution in [0.25, 0.3) is 0 Å². The molecule has 0 spiro atoms. The molecule has 0 amide bonds. The minimum atomic E-state index is -2.22. The van der Waals surface area contributed by atoms with Crippen LogP contribution in [0.15, 0.2) is 0 Å². The molecule has 0 aliphatic heterocycles. The van der Waals surface area contributed by atoms with Gasteiger partial charge in [0, 0.05) is 24.3 Å². The van der Waals surface area contributed by atoms with Gasteiger partial charge in [-0.15, -0.1) is 0 Å². The van der Waals surface area contributed by atoms with Crippen molar-refractivity contribution < 1.29 is 8.85 Å². The average Bonchev–Trinajstić information content (AvgIpc) is 2.57. The predicted molar refractivity (Wildman–Crippen MR) is 110 cm³/mol. The van der Waals surface area contributed by atoms with Crippen LogP contribution in [0.1, 0.15) is 92.9 Å². The summed E-state index contributed by atoms with van der Waals surface area (Å²) >= 11 is 0. The van der Waals surface area contributed by atoms with E-state index in [-0.39, 0.29) is 0 Å². The van der Waals surface area contributed by atoms with Gasteiger partial charge >= 0.3 is 8.56 Å². The zero-order chi connectivity index (χ0) is 18.4. The summed E-state index contributed by atoms with van der Waals surface area (Å²) in [6.07, 6.45) is 10.4. The van der Waals surface area contributed by atoms with Crippen molar-refractivity contribution in [1.82, 2.24) is 0 Å². The van der Waals surface area contributed by atoms with E-state index in [9.17, 15) is 0 Å². The highest BCUT2D eigenvalue weighted by atomic mass is 28.4. The lowest BCUT2D eigenvalue weighted by atomic mass is 9.83. The average molecular weight is 369 g/mol. The molecule has 0 radical (unpaired) electrons. The Kier molecular flexibility index (Phi) is 8.48. The van der Waals surface area contributed by atoms with Gasteiger partial charge in [-0.1, -0.05) is 54.4 Å². The first-order chi connectivity index (χ1) is 11.9. The Morgan fingerprint density at radius 1 is 0.720 bits per heavy atom. The standard InChI is InChI=1S/C22H44O2Si/c1-7-11-23-25(24-12-8-2,21-14-18(4)13-19(5)15-21)22-16-17(3)9-10-20(22)6/h17-22H,7-16H2,1-6H3. The van der Waals surface area contributed by atoms with Crippen LogP contribution in [0.3, 0.4) is 0 Å². The van der Waals surface area contributed by atoms with Gasteiger partial charge in [-0.05, 0) is 62.2 Å². The smallest absolute Gasteiger partial charge is 0.344 e. The first-order valence-electron chi connectivity index (χ1n) is 11.2. The Morgan fingerprint density at radius 3 is 1.80 bits per heavy atom. The van der Waals surface area contributed by atoms with E-state index in [2.05, 4.69) is 41.5 Å². The highest BCUT2D eigenvalue weighted by Crippen LogP contribution is 2.54. The number of rotatable bonds is 8. The number of hydrogen-bond donors (Lipinski definition) is 0. The van der Waals surface area contributed by atoms with E-state index in [1.807, 2.05) is 0 Å². The summed E-state index contributed by atoms with van der Waals surface area (Å²) < 4.78 is 13.8. The van der Waals surface area contributed by atoms with Gasteiger partial charge in [0.1, 0.15) is 0 Å². The molecule has 2 saturated carbocycles. The van der Waals surface area contributed by atoms with Crippen molar-refractivity contribution in [3.05, 3.63) is 0 Å². The van der Waals surface area contributed by atoms with Gasteiger partial charge in [0.15, 0.2) is 0 Å². The third-order valence-corrected chi connectivity index (χ3v) is 11.5. The van der Waals surface area contributed by atoms with Crippen LogP contribution in [0.4, 0.5) is 0 Å². The molecule has 2 nitrogen and oxygen atoms in total. The van der Waals surface area contributed by atoms with Crippen molar-refractivity contribution in [3.8, 4) is 0 Å². The lowest BCUT2D eigenvalue weighted by Gasteiger charge is -2.50. The highest BCUT2D eigenvalue weighted by Gasteiger charge is 2.56. The van der Waals surface area contributed by atoms with E-state index in [0.717, 1.165) is 49.7 Å². The zero-order valence-electron chi connectivity index (χ0n) is 17.9. The van der Waals surface area contributed by atoms with Gasteiger partial charge in [-0.25, -0.2) is 0 Å². The third-order valence-electron chi connectivity index (χ3n) is 6.79. The molecule has 2 aliphatic carbocycles. The van der Waals surface area contributed by atoms with Crippen LogP contribution in [0.5, 0.6) is 0 Å². The first-order valence-corrected chi connectivity index (χ1v) is 13.2. The van der Waals surface area contributed by atoms with Crippen molar-refractivity contribution in [2.45, 2.75) is 104 Å². The Morgan fingerprint density at radius 2 is 1.28 bits per heavy atom. The second-order valence-electron chi connectivity index (χ2n) is 9.53. The van der Waals surface area contributed by atoms with Gasteiger partial charge in [-0.3, -0.25) is 0 Å². The van der Waals surface area contributed by atoms with Crippen molar-refractivity contribution in [3.63, 3.8) is 0 Å². The van der Waals surface area contributed by atoms with Gasteiger partial charge in [0.25, 0.3) is 0 Å². The minimum Gasteiger partial charge on any atom is -0.394 e. The zero-order valence-corrected chi connectivity index (χ0v) is 18.9. The van der Waals surface area contributed by atoms with Crippen molar-refractivity contribution in [1.29, 1.82) is 0 Å². The second kappa shape index (κ2) is 9.89. The van der Waals surface area contributed by atoms with Crippen LogP contribution in [0, 0.1) is 23.7 Å². The lowest BCUT2D eigenvalue weighted by Crippen LogP contribution is -2.55. The topological polar surface area (TPSA) is 18.5 Å². The Bertz CT molecular complexity index is 368. The Hall–Kier alpha value is 0.137. The molecular weight excluding hydrogens is 324 g/mol. The fourth-order valence-corrected chi connectivity index (χ4v) is 11.5. The van der Waals surface area contributed by atoms with Crippen LogP contribution in [0.2, 0.25) is 11.1 Å². The fourth-order valence-electron chi connectivity index (χ4n) is 5.69. The van der Waals surface area contributed by atoms with Crippen molar-refractivity contribution in [2.75, 3.05) is 13.2 Å². The molecule has 0 aromatic carbocycles. The van der Waals surface area contributed by atoms with Crippen LogP contribution < -0.4 is 0 Å². The molecule has 2 fully saturated rings. The molecule has 0 saturated heterocycles. The third kappa shape index (κ3) is 5.32. The van der Waals surface area contributed by atoms with Crippen molar-refractivity contribution >= 4 is 8.56 Å². The molecule has 0 heterocycles. The first kappa shape index (κ1) is 21.4. The summed E-state index contributed by atoms with van der Waals surface area (Å²) in [6, 6.07) is 0. The monoisotopic (exact) mass is 368 g/mol. The maximum atomic E-state index is 6.89. The van der Waals surface area contributed by atoms with E-state index in [0.29, 0.717) is 11.1 Å². The van der Waals surface area contributed by atoms with E-state index >= 15 is 0 Å². The Labute approximate surface area is 158 Å². The van der Waals surface area contributed by atoms with E-state index < -0.39 is 8.56 Å². The molecular formula is C22H44O2Si. The summed E-state index contributed by atoms with van der Waals surface area (Å²) in [5, 5.41) is 0.